The molecule has 0 radical (unpaired) electrons. The van der Waals surface area contributed by atoms with Crippen molar-refractivity contribution in [2.24, 2.45) is 5.41 Å². The van der Waals surface area contributed by atoms with Crippen LogP contribution in [0.1, 0.15) is 41.0 Å². The minimum absolute atomic E-state index is 0.378. The number of hydrogen-bond acceptors (Lipinski definition) is 1. The van der Waals surface area contributed by atoms with Crippen molar-refractivity contribution >= 4 is 22.9 Å². The second-order valence-corrected chi connectivity index (χ2v) is 6.00. The summed E-state index contributed by atoms with van der Waals surface area (Å²) < 4.78 is 2.46. The van der Waals surface area contributed by atoms with Crippen LogP contribution in [0.25, 0.3) is 0 Å². The number of halogens is 1. The molecule has 0 N–H and O–H groups in total. The molecule has 1 heterocycles. The molecule has 66 valence electrons. The van der Waals surface area contributed by atoms with Crippen LogP contribution in [0.15, 0.2) is 0 Å². The van der Waals surface area contributed by atoms with Crippen molar-refractivity contribution in [3.8, 4) is 0 Å². The largest absolute Gasteiger partial charge is 0.239 e. The molecule has 1 fully saturated rings. The van der Waals surface area contributed by atoms with Crippen molar-refractivity contribution in [1.29, 1.82) is 0 Å². The summed E-state index contributed by atoms with van der Waals surface area (Å²) in [6.07, 6.45) is 1.30. The standard InChI is InChI=1S/C9H18IN/c1-7-8(2,3)6-9(4,5)11(7)10/h7H,6H2,1-5H3/t7-/m0/s1. The van der Waals surface area contributed by atoms with Gasteiger partial charge < -0.3 is 0 Å². The second kappa shape index (κ2) is 2.59. The summed E-state index contributed by atoms with van der Waals surface area (Å²) in [5, 5.41) is 0. The van der Waals surface area contributed by atoms with Crippen LogP contribution in [0.2, 0.25) is 0 Å². The summed E-state index contributed by atoms with van der Waals surface area (Å²) in [6, 6.07) is 0.693. The third-order valence-corrected chi connectivity index (χ3v) is 5.08. The first-order valence-corrected chi connectivity index (χ1v) is 5.19. The van der Waals surface area contributed by atoms with Crippen LogP contribution in [-0.4, -0.2) is 14.7 Å². The molecule has 1 aliphatic rings. The van der Waals surface area contributed by atoms with Crippen molar-refractivity contribution in [3.63, 3.8) is 0 Å². The van der Waals surface area contributed by atoms with Crippen LogP contribution in [0, 0.1) is 5.41 Å². The van der Waals surface area contributed by atoms with E-state index in [0.717, 1.165) is 0 Å². The van der Waals surface area contributed by atoms with Crippen LogP contribution in [0.3, 0.4) is 0 Å². The maximum absolute atomic E-state index is 2.46. The highest BCUT2D eigenvalue weighted by atomic mass is 127. The summed E-state index contributed by atoms with van der Waals surface area (Å²) in [7, 11) is 0. The molecule has 0 unspecified atom stereocenters. The van der Waals surface area contributed by atoms with E-state index in [1.165, 1.54) is 6.42 Å². The Balaban J connectivity index is 2.86. The van der Waals surface area contributed by atoms with Gasteiger partial charge in [0.25, 0.3) is 0 Å². The van der Waals surface area contributed by atoms with Crippen molar-refractivity contribution in [2.45, 2.75) is 52.6 Å². The van der Waals surface area contributed by atoms with Crippen LogP contribution in [0.4, 0.5) is 0 Å². The molecule has 1 nitrogen and oxygen atoms in total. The lowest BCUT2D eigenvalue weighted by atomic mass is 9.82. The van der Waals surface area contributed by atoms with Crippen LogP contribution in [0.5, 0.6) is 0 Å². The smallest absolute Gasteiger partial charge is 0.0257 e. The predicted molar refractivity (Wildman–Crippen MR) is 57.8 cm³/mol. The van der Waals surface area contributed by atoms with E-state index in [-0.39, 0.29) is 0 Å². The summed E-state index contributed by atoms with van der Waals surface area (Å²) in [4.78, 5) is 0. The van der Waals surface area contributed by atoms with Gasteiger partial charge in [-0.25, -0.2) is 3.11 Å². The highest BCUT2D eigenvalue weighted by molar-refractivity contribution is 14.1. The van der Waals surface area contributed by atoms with Gasteiger partial charge in [0.05, 0.1) is 0 Å². The van der Waals surface area contributed by atoms with E-state index in [0.29, 0.717) is 17.0 Å². The van der Waals surface area contributed by atoms with Gasteiger partial charge >= 0.3 is 0 Å². The average Bonchev–Trinajstić information content (AvgIpc) is 1.91. The molecule has 1 atom stereocenters. The SMILES string of the molecule is C[C@@H]1N(I)C(C)(C)CC1(C)C. The monoisotopic (exact) mass is 267 g/mol. The zero-order valence-electron chi connectivity index (χ0n) is 8.11. The Morgan fingerprint density at radius 3 is 1.82 bits per heavy atom. The second-order valence-electron chi connectivity index (χ2n) is 4.96. The van der Waals surface area contributed by atoms with E-state index in [2.05, 4.69) is 60.6 Å². The molecule has 0 bridgehead atoms. The number of nitrogens with zero attached hydrogens (tertiary/aromatic N) is 1. The minimum atomic E-state index is 0.378. The normalized spacial score (nSPS) is 36.0. The first-order chi connectivity index (χ1) is 4.77. The maximum Gasteiger partial charge on any atom is 0.0257 e. The fourth-order valence-electron chi connectivity index (χ4n) is 2.17. The highest BCUT2D eigenvalue weighted by Gasteiger charge is 2.47. The van der Waals surface area contributed by atoms with E-state index in [1.807, 2.05) is 0 Å². The molecule has 0 spiro atoms. The molecule has 0 aliphatic carbocycles. The van der Waals surface area contributed by atoms with E-state index < -0.39 is 0 Å². The Bertz CT molecular complexity index is 145. The number of hydrogen-bond donors (Lipinski definition) is 0. The molecule has 1 saturated heterocycles. The summed E-state index contributed by atoms with van der Waals surface area (Å²) >= 11 is 2.46. The minimum Gasteiger partial charge on any atom is -0.239 e. The van der Waals surface area contributed by atoms with Crippen molar-refractivity contribution < 1.29 is 0 Å². The molecule has 0 saturated carbocycles. The molecule has 0 aromatic rings. The Kier molecular flexibility index (Phi) is 2.30. The summed E-state index contributed by atoms with van der Waals surface area (Å²) in [5.41, 5.74) is 0.855. The van der Waals surface area contributed by atoms with Crippen molar-refractivity contribution in [1.82, 2.24) is 3.11 Å². The predicted octanol–water partition coefficient (Wildman–Crippen LogP) is 3.24. The highest BCUT2D eigenvalue weighted by Crippen LogP contribution is 2.47. The van der Waals surface area contributed by atoms with Gasteiger partial charge in [-0.05, 0) is 32.6 Å². The van der Waals surface area contributed by atoms with Crippen LogP contribution >= 0.6 is 22.9 Å². The van der Waals surface area contributed by atoms with E-state index in [1.54, 1.807) is 0 Å². The molecular formula is C9H18IN. The Morgan fingerprint density at radius 1 is 1.27 bits per heavy atom. The third-order valence-electron chi connectivity index (χ3n) is 2.94. The lowest BCUT2D eigenvalue weighted by Crippen LogP contribution is -2.34. The zero-order valence-corrected chi connectivity index (χ0v) is 10.3. The molecule has 11 heavy (non-hydrogen) atoms. The molecule has 0 amide bonds. The van der Waals surface area contributed by atoms with Gasteiger partial charge in [0.1, 0.15) is 0 Å². The van der Waals surface area contributed by atoms with Crippen molar-refractivity contribution in [2.75, 3.05) is 0 Å². The molecular weight excluding hydrogens is 249 g/mol. The van der Waals surface area contributed by atoms with Crippen molar-refractivity contribution in [3.05, 3.63) is 0 Å². The van der Waals surface area contributed by atoms with Gasteiger partial charge in [-0.2, -0.15) is 0 Å². The van der Waals surface area contributed by atoms with Crippen LogP contribution in [-0.2, 0) is 0 Å². The lowest BCUT2D eigenvalue weighted by molar-refractivity contribution is 0.284. The number of rotatable bonds is 0. The van der Waals surface area contributed by atoms with Gasteiger partial charge in [0.2, 0.25) is 0 Å². The Morgan fingerprint density at radius 2 is 1.73 bits per heavy atom. The lowest BCUT2D eigenvalue weighted by Gasteiger charge is -2.28. The van der Waals surface area contributed by atoms with Crippen LogP contribution < -0.4 is 0 Å². The van der Waals surface area contributed by atoms with E-state index in [9.17, 15) is 0 Å². The third kappa shape index (κ3) is 1.57. The summed E-state index contributed by atoms with van der Waals surface area (Å²) in [5.74, 6) is 0. The van der Waals surface area contributed by atoms with Gasteiger partial charge in [-0.3, -0.25) is 0 Å². The van der Waals surface area contributed by atoms with Gasteiger partial charge in [0, 0.05) is 34.4 Å². The fraction of sp³-hybridized carbons (Fsp3) is 1.00. The molecule has 1 aliphatic heterocycles. The molecule has 2 heteroatoms. The van der Waals surface area contributed by atoms with E-state index in [4.69, 9.17) is 0 Å². The first-order valence-electron chi connectivity index (χ1n) is 4.22. The Hall–Kier alpha value is 0.690. The molecule has 0 aromatic carbocycles. The fourth-order valence-corrected chi connectivity index (χ4v) is 3.09. The maximum atomic E-state index is 2.46. The van der Waals surface area contributed by atoms with Gasteiger partial charge in [-0.15, -0.1) is 0 Å². The first kappa shape index (κ1) is 9.78. The van der Waals surface area contributed by atoms with Gasteiger partial charge in [-0.1, -0.05) is 13.8 Å². The Labute approximate surface area is 84.0 Å². The molecule has 0 aromatic heterocycles. The average molecular weight is 267 g/mol. The van der Waals surface area contributed by atoms with E-state index >= 15 is 0 Å². The zero-order chi connectivity index (χ0) is 8.86. The van der Waals surface area contributed by atoms with Gasteiger partial charge in [0.15, 0.2) is 0 Å². The molecule has 1 rings (SSSR count). The summed E-state index contributed by atoms with van der Waals surface area (Å²) in [6.45, 7) is 11.7. The quantitative estimate of drug-likeness (QED) is 0.481. The topological polar surface area (TPSA) is 3.24 Å².